The third-order valence-corrected chi connectivity index (χ3v) is 5.16. The molecule has 0 radical (unpaired) electrons. The molecule has 0 aliphatic carbocycles. The molecule has 8 heteroatoms. The number of rotatable bonds is 7. The highest BCUT2D eigenvalue weighted by Crippen LogP contribution is 2.28. The minimum Gasteiger partial charge on any atom is -0.382 e. The van der Waals surface area contributed by atoms with Crippen LogP contribution in [0.5, 0.6) is 0 Å². The highest BCUT2D eigenvalue weighted by molar-refractivity contribution is 9.10. The Morgan fingerprint density at radius 2 is 2.19 bits per heavy atom. The highest BCUT2D eigenvalue weighted by Gasteiger charge is 2.23. The van der Waals surface area contributed by atoms with Crippen LogP contribution in [0.4, 0.5) is 4.39 Å². The molecule has 27 heavy (non-hydrogen) atoms. The summed E-state index contributed by atoms with van der Waals surface area (Å²) in [5, 5.41) is 3.30. The maximum absolute atomic E-state index is 14.3. The van der Waals surface area contributed by atoms with E-state index in [0.717, 1.165) is 22.9 Å². The quantitative estimate of drug-likeness (QED) is 0.400. The van der Waals surface area contributed by atoms with Gasteiger partial charge >= 0.3 is 0 Å². The van der Waals surface area contributed by atoms with Gasteiger partial charge in [0.15, 0.2) is 5.96 Å². The van der Waals surface area contributed by atoms with E-state index in [1.807, 2.05) is 11.8 Å². The molecule has 0 saturated heterocycles. The van der Waals surface area contributed by atoms with Crippen LogP contribution in [-0.4, -0.2) is 68.6 Å². The van der Waals surface area contributed by atoms with Gasteiger partial charge in [0.2, 0.25) is 5.91 Å². The standard InChI is InChI=1S/C19H28BrFN4O2/c1-4-27-11-5-9-22-19(23-12-18(26)24(2)3)25-10-8-14-15(13-25)17(21)7-6-16(14)20/h6-7H,4-5,8-13H2,1-3H3,(H,22,23). The van der Waals surface area contributed by atoms with Gasteiger partial charge in [0.1, 0.15) is 12.4 Å². The second kappa shape index (κ2) is 10.6. The normalized spacial score (nSPS) is 14.1. The van der Waals surface area contributed by atoms with Gasteiger partial charge in [-0.05, 0) is 37.5 Å². The van der Waals surface area contributed by atoms with Gasteiger partial charge in [-0.3, -0.25) is 4.79 Å². The maximum Gasteiger partial charge on any atom is 0.243 e. The molecule has 1 heterocycles. The van der Waals surface area contributed by atoms with E-state index in [9.17, 15) is 9.18 Å². The Bertz CT molecular complexity index is 682. The first-order valence-corrected chi connectivity index (χ1v) is 10.00. The zero-order valence-electron chi connectivity index (χ0n) is 16.2. The van der Waals surface area contributed by atoms with Crippen molar-refractivity contribution in [2.75, 3.05) is 46.9 Å². The summed E-state index contributed by atoms with van der Waals surface area (Å²) in [6, 6.07) is 3.23. The van der Waals surface area contributed by atoms with Crippen LogP contribution in [0.1, 0.15) is 24.5 Å². The molecule has 2 rings (SSSR count). The summed E-state index contributed by atoms with van der Waals surface area (Å²) in [5.41, 5.74) is 1.68. The number of likely N-dealkylation sites (N-methyl/N-ethyl adjacent to an activating group) is 1. The lowest BCUT2D eigenvalue weighted by atomic mass is 9.99. The zero-order valence-corrected chi connectivity index (χ0v) is 17.8. The third-order valence-electron chi connectivity index (χ3n) is 4.41. The number of fused-ring (bicyclic) bond motifs is 1. The molecule has 1 aliphatic rings. The van der Waals surface area contributed by atoms with E-state index in [0.29, 0.717) is 44.4 Å². The third kappa shape index (κ3) is 6.17. The molecular formula is C19H28BrFN4O2. The molecular weight excluding hydrogens is 415 g/mol. The number of nitrogens with zero attached hydrogens (tertiary/aromatic N) is 3. The molecule has 0 bridgehead atoms. The molecule has 1 amide bonds. The van der Waals surface area contributed by atoms with Gasteiger partial charge in [0, 0.05) is 57.0 Å². The fourth-order valence-electron chi connectivity index (χ4n) is 2.84. The number of carbonyl (C=O) groups is 1. The van der Waals surface area contributed by atoms with Crippen molar-refractivity contribution in [2.45, 2.75) is 26.3 Å². The molecule has 0 fully saturated rings. The van der Waals surface area contributed by atoms with Crippen LogP contribution in [-0.2, 0) is 22.5 Å². The van der Waals surface area contributed by atoms with Crippen molar-refractivity contribution in [3.05, 3.63) is 33.5 Å². The summed E-state index contributed by atoms with van der Waals surface area (Å²) in [5.74, 6) is 0.347. The molecule has 0 unspecified atom stereocenters. The first-order valence-electron chi connectivity index (χ1n) is 9.21. The lowest BCUT2D eigenvalue weighted by Crippen LogP contribution is -2.45. The van der Waals surface area contributed by atoms with Crippen molar-refractivity contribution in [1.82, 2.24) is 15.1 Å². The van der Waals surface area contributed by atoms with Gasteiger partial charge in [-0.25, -0.2) is 9.38 Å². The number of carbonyl (C=O) groups excluding carboxylic acids is 1. The van der Waals surface area contributed by atoms with Crippen LogP contribution in [0.2, 0.25) is 0 Å². The first-order chi connectivity index (χ1) is 12.9. The van der Waals surface area contributed by atoms with E-state index < -0.39 is 0 Å². The second-order valence-corrected chi connectivity index (χ2v) is 7.42. The monoisotopic (exact) mass is 442 g/mol. The number of hydrogen-bond acceptors (Lipinski definition) is 3. The summed E-state index contributed by atoms with van der Waals surface area (Å²) in [6.45, 7) is 5.19. The average Bonchev–Trinajstić information content (AvgIpc) is 2.66. The van der Waals surface area contributed by atoms with Gasteiger partial charge in [-0.1, -0.05) is 15.9 Å². The summed E-state index contributed by atoms with van der Waals surface area (Å²) in [4.78, 5) is 19.9. The van der Waals surface area contributed by atoms with Crippen molar-refractivity contribution in [1.29, 1.82) is 0 Å². The molecule has 6 nitrogen and oxygen atoms in total. The number of halogens is 2. The summed E-state index contributed by atoms with van der Waals surface area (Å²) in [6.07, 6.45) is 1.55. The number of ether oxygens (including phenoxy) is 1. The Morgan fingerprint density at radius 1 is 1.41 bits per heavy atom. The molecule has 1 N–H and O–H groups in total. The van der Waals surface area contributed by atoms with E-state index in [1.165, 1.54) is 11.0 Å². The molecule has 0 saturated carbocycles. The van der Waals surface area contributed by atoms with Crippen molar-refractivity contribution in [3.63, 3.8) is 0 Å². The van der Waals surface area contributed by atoms with Crippen molar-refractivity contribution < 1.29 is 13.9 Å². The van der Waals surface area contributed by atoms with Crippen LogP contribution in [0.15, 0.2) is 21.6 Å². The summed E-state index contributed by atoms with van der Waals surface area (Å²) in [7, 11) is 3.41. The SMILES string of the molecule is CCOCCCNC(=NCC(=O)N(C)C)N1CCc2c(Br)ccc(F)c2C1. The Labute approximate surface area is 168 Å². The molecule has 1 aliphatic heterocycles. The number of hydrogen-bond donors (Lipinski definition) is 1. The van der Waals surface area contributed by atoms with E-state index in [1.54, 1.807) is 20.2 Å². The number of nitrogens with one attached hydrogen (secondary N) is 1. The molecule has 1 aromatic carbocycles. The molecule has 0 atom stereocenters. The smallest absolute Gasteiger partial charge is 0.243 e. The average molecular weight is 443 g/mol. The van der Waals surface area contributed by atoms with Crippen LogP contribution in [0.25, 0.3) is 0 Å². The lowest BCUT2D eigenvalue weighted by molar-refractivity contribution is -0.127. The zero-order chi connectivity index (χ0) is 19.8. The lowest BCUT2D eigenvalue weighted by Gasteiger charge is -2.32. The van der Waals surface area contributed by atoms with Crippen molar-refractivity contribution >= 4 is 27.8 Å². The molecule has 0 spiro atoms. The van der Waals surface area contributed by atoms with Crippen LogP contribution >= 0.6 is 15.9 Å². The molecule has 1 aromatic rings. The fourth-order valence-corrected chi connectivity index (χ4v) is 3.41. The van der Waals surface area contributed by atoms with E-state index in [-0.39, 0.29) is 18.3 Å². The number of guanidine groups is 1. The Morgan fingerprint density at radius 3 is 2.89 bits per heavy atom. The Hall–Kier alpha value is -1.67. The van der Waals surface area contributed by atoms with Crippen LogP contribution in [0.3, 0.4) is 0 Å². The summed E-state index contributed by atoms with van der Waals surface area (Å²) < 4.78 is 20.6. The fraction of sp³-hybridized carbons (Fsp3) is 0.579. The van der Waals surface area contributed by atoms with Gasteiger partial charge in [-0.2, -0.15) is 0 Å². The van der Waals surface area contributed by atoms with Gasteiger partial charge in [0.25, 0.3) is 0 Å². The Kier molecular flexibility index (Phi) is 8.50. The largest absolute Gasteiger partial charge is 0.382 e. The maximum atomic E-state index is 14.3. The minimum atomic E-state index is -0.210. The van der Waals surface area contributed by atoms with Gasteiger partial charge < -0.3 is 19.9 Å². The van der Waals surface area contributed by atoms with Crippen molar-refractivity contribution in [3.8, 4) is 0 Å². The number of aliphatic imine (C=N–C) groups is 1. The van der Waals surface area contributed by atoms with E-state index in [2.05, 4.69) is 26.2 Å². The predicted octanol–water partition coefficient (Wildman–Crippen LogP) is 2.41. The van der Waals surface area contributed by atoms with Crippen molar-refractivity contribution in [2.24, 2.45) is 4.99 Å². The first kappa shape index (κ1) is 21.6. The Balaban J connectivity index is 2.11. The predicted molar refractivity (Wildman–Crippen MR) is 108 cm³/mol. The van der Waals surface area contributed by atoms with Gasteiger partial charge in [-0.15, -0.1) is 0 Å². The second-order valence-electron chi connectivity index (χ2n) is 6.56. The van der Waals surface area contributed by atoms with Gasteiger partial charge in [0.05, 0.1) is 0 Å². The van der Waals surface area contributed by atoms with Crippen LogP contribution in [0, 0.1) is 5.82 Å². The topological polar surface area (TPSA) is 57.2 Å². The minimum absolute atomic E-state index is 0.0606. The molecule has 0 aromatic heterocycles. The summed E-state index contributed by atoms with van der Waals surface area (Å²) >= 11 is 3.51. The van der Waals surface area contributed by atoms with Crippen LogP contribution < -0.4 is 5.32 Å². The van der Waals surface area contributed by atoms with E-state index in [4.69, 9.17) is 4.74 Å². The molecule has 150 valence electrons. The highest BCUT2D eigenvalue weighted by atomic mass is 79.9. The number of benzene rings is 1. The van der Waals surface area contributed by atoms with E-state index >= 15 is 0 Å². The number of amides is 1.